The van der Waals surface area contributed by atoms with Gasteiger partial charge >= 0.3 is 11.9 Å². The Bertz CT molecular complexity index is 389. The molecule has 0 aliphatic rings. The fourth-order valence-corrected chi connectivity index (χ4v) is 1.11. The molecule has 0 unspecified atom stereocenters. The van der Waals surface area contributed by atoms with E-state index in [2.05, 4.69) is 9.47 Å². The minimum Gasteiger partial charge on any atom is -0.465 e. The SMILES string of the molecule is COC(=O)c1cccc(C(=O)OCCF)c1. The molecule has 4 nitrogen and oxygen atoms in total. The Balaban J connectivity index is 2.81. The molecule has 1 aromatic rings. The summed E-state index contributed by atoms with van der Waals surface area (Å²) >= 11 is 0. The third kappa shape index (κ3) is 3.05. The van der Waals surface area contributed by atoms with E-state index < -0.39 is 18.6 Å². The Morgan fingerprint density at radius 1 is 1.25 bits per heavy atom. The van der Waals surface area contributed by atoms with Crippen molar-refractivity contribution in [2.75, 3.05) is 20.4 Å². The number of rotatable bonds is 4. The molecule has 0 saturated heterocycles. The molecule has 0 bridgehead atoms. The normalized spacial score (nSPS) is 9.62. The Morgan fingerprint density at radius 3 is 2.44 bits per heavy atom. The Hall–Kier alpha value is -1.91. The Labute approximate surface area is 92.0 Å². The Kier molecular flexibility index (Phi) is 4.44. The maximum absolute atomic E-state index is 11.8. The van der Waals surface area contributed by atoms with E-state index in [-0.39, 0.29) is 17.7 Å². The van der Waals surface area contributed by atoms with E-state index in [0.29, 0.717) is 0 Å². The molecule has 1 rings (SSSR count). The molecule has 0 aromatic heterocycles. The summed E-state index contributed by atoms with van der Waals surface area (Å²) in [6.07, 6.45) is 0. The first-order valence-corrected chi connectivity index (χ1v) is 4.60. The summed E-state index contributed by atoms with van der Waals surface area (Å²) in [4.78, 5) is 22.5. The van der Waals surface area contributed by atoms with Crippen LogP contribution in [0.5, 0.6) is 0 Å². The highest BCUT2D eigenvalue weighted by molar-refractivity contribution is 5.95. The van der Waals surface area contributed by atoms with Gasteiger partial charge in [0.05, 0.1) is 18.2 Å². The van der Waals surface area contributed by atoms with Crippen LogP contribution in [-0.4, -0.2) is 32.3 Å². The van der Waals surface area contributed by atoms with Crippen LogP contribution in [-0.2, 0) is 9.47 Å². The molecule has 1 aromatic carbocycles. The van der Waals surface area contributed by atoms with Gasteiger partial charge in [0.25, 0.3) is 0 Å². The second-order valence-electron chi connectivity index (χ2n) is 2.90. The predicted octanol–water partition coefficient (Wildman–Crippen LogP) is 1.60. The van der Waals surface area contributed by atoms with Crippen molar-refractivity contribution in [3.63, 3.8) is 0 Å². The first kappa shape index (κ1) is 12.2. The van der Waals surface area contributed by atoms with Gasteiger partial charge in [-0.1, -0.05) is 6.07 Å². The number of methoxy groups -OCH3 is 1. The topological polar surface area (TPSA) is 52.6 Å². The van der Waals surface area contributed by atoms with Crippen molar-refractivity contribution >= 4 is 11.9 Å². The lowest BCUT2D eigenvalue weighted by atomic mass is 10.1. The fourth-order valence-electron chi connectivity index (χ4n) is 1.11. The monoisotopic (exact) mass is 226 g/mol. The van der Waals surface area contributed by atoms with E-state index in [4.69, 9.17) is 0 Å². The van der Waals surface area contributed by atoms with Crippen LogP contribution in [0.4, 0.5) is 4.39 Å². The number of esters is 2. The summed E-state index contributed by atoms with van der Waals surface area (Å²) in [5.74, 6) is -1.21. The number of carbonyl (C=O) groups excluding carboxylic acids is 2. The van der Waals surface area contributed by atoms with E-state index >= 15 is 0 Å². The summed E-state index contributed by atoms with van der Waals surface area (Å²) in [5.41, 5.74) is 0.438. The van der Waals surface area contributed by atoms with Crippen molar-refractivity contribution < 1.29 is 23.5 Å². The lowest BCUT2D eigenvalue weighted by molar-refractivity contribution is 0.0481. The van der Waals surface area contributed by atoms with E-state index in [1.165, 1.54) is 31.4 Å². The second kappa shape index (κ2) is 5.85. The van der Waals surface area contributed by atoms with Gasteiger partial charge in [0.2, 0.25) is 0 Å². The highest BCUT2D eigenvalue weighted by atomic mass is 19.1. The molecule has 0 radical (unpaired) electrons. The summed E-state index contributed by atoms with van der Waals surface area (Å²) < 4.78 is 20.9. The van der Waals surface area contributed by atoms with Crippen LogP contribution < -0.4 is 0 Å². The van der Waals surface area contributed by atoms with Gasteiger partial charge in [-0.3, -0.25) is 0 Å². The van der Waals surface area contributed by atoms with Crippen LogP contribution in [0.15, 0.2) is 24.3 Å². The largest absolute Gasteiger partial charge is 0.465 e. The zero-order valence-corrected chi connectivity index (χ0v) is 8.73. The fraction of sp³-hybridized carbons (Fsp3) is 0.273. The van der Waals surface area contributed by atoms with Gasteiger partial charge in [-0.05, 0) is 18.2 Å². The van der Waals surface area contributed by atoms with Gasteiger partial charge in [0.1, 0.15) is 13.3 Å². The summed E-state index contributed by atoms with van der Waals surface area (Å²) in [5, 5.41) is 0. The molecular weight excluding hydrogens is 215 g/mol. The van der Waals surface area contributed by atoms with Crippen LogP contribution >= 0.6 is 0 Å². The van der Waals surface area contributed by atoms with E-state index in [0.717, 1.165) is 0 Å². The number of alkyl halides is 1. The zero-order valence-electron chi connectivity index (χ0n) is 8.73. The quantitative estimate of drug-likeness (QED) is 0.732. The van der Waals surface area contributed by atoms with Crippen molar-refractivity contribution in [1.82, 2.24) is 0 Å². The summed E-state index contributed by atoms with van der Waals surface area (Å²) in [6, 6.07) is 5.86. The van der Waals surface area contributed by atoms with Crippen molar-refractivity contribution in [2.24, 2.45) is 0 Å². The molecule has 0 fully saturated rings. The third-order valence-corrected chi connectivity index (χ3v) is 1.83. The number of carbonyl (C=O) groups is 2. The molecule has 16 heavy (non-hydrogen) atoms. The molecule has 0 aliphatic heterocycles. The molecule has 0 atom stereocenters. The highest BCUT2D eigenvalue weighted by Gasteiger charge is 2.11. The third-order valence-electron chi connectivity index (χ3n) is 1.83. The van der Waals surface area contributed by atoms with Crippen molar-refractivity contribution in [3.05, 3.63) is 35.4 Å². The first-order valence-electron chi connectivity index (χ1n) is 4.60. The van der Waals surface area contributed by atoms with Crippen molar-refractivity contribution in [2.45, 2.75) is 0 Å². The number of ether oxygens (including phenoxy) is 2. The van der Waals surface area contributed by atoms with Crippen LogP contribution in [0.3, 0.4) is 0 Å². The summed E-state index contributed by atoms with van der Waals surface area (Å²) in [6.45, 7) is -1.02. The molecule has 0 N–H and O–H groups in total. The summed E-state index contributed by atoms with van der Waals surface area (Å²) in [7, 11) is 1.25. The van der Waals surface area contributed by atoms with Crippen LogP contribution in [0, 0.1) is 0 Å². The Morgan fingerprint density at radius 2 is 1.88 bits per heavy atom. The molecule has 86 valence electrons. The van der Waals surface area contributed by atoms with Gasteiger partial charge in [0, 0.05) is 0 Å². The molecule has 0 aliphatic carbocycles. The average molecular weight is 226 g/mol. The maximum atomic E-state index is 11.8. The number of benzene rings is 1. The van der Waals surface area contributed by atoms with Gasteiger partial charge in [0.15, 0.2) is 0 Å². The number of hydrogen-bond acceptors (Lipinski definition) is 4. The second-order valence-corrected chi connectivity index (χ2v) is 2.90. The first-order chi connectivity index (χ1) is 7.69. The number of halogens is 1. The zero-order chi connectivity index (χ0) is 12.0. The molecule has 0 saturated carbocycles. The smallest absolute Gasteiger partial charge is 0.338 e. The van der Waals surface area contributed by atoms with Crippen molar-refractivity contribution in [3.8, 4) is 0 Å². The van der Waals surface area contributed by atoms with Gasteiger partial charge in [-0.25, -0.2) is 14.0 Å². The highest BCUT2D eigenvalue weighted by Crippen LogP contribution is 2.08. The van der Waals surface area contributed by atoms with Crippen LogP contribution in [0.2, 0.25) is 0 Å². The van der Waals surface area contributed by atoms with Gasteiger partial charge in [-0.2, -0.15) is 0 Å². The van der Waals surface area contributed by atoms with Gasteiger partial charge in [-0.15, -0.1) is 0 Å². The molecule has 0 heterocycles. The van der Waals surface area contributed by atoms with E-state index in [1.54, 1.807) is 0 Å². The van der Waals surface area contributed by atoms with Gasteiger partial charge < -0.3 is 9.47 Å². The van der Waals surface area contributed by atoms with Crippen molar-refractivity contribution in [1.29, 1.82) is 0 Å². The van der Waals surface area contributed by atoms with E-state index in [1.807, 2.05) is 0 Å². The maximum Gasteiger partial charge on any atom is 0.338 e. The lowest BCUT2D eigenvalue weighted by Gasteiger charge is -2.03. The standard InChI is InChI=1S/C11H11FO4/c1-15-10(13)8-3-2-4-9(7-8)11(14)16-6-5-12/h2-4,7H,5-6H2,1H3. The minimum atomic E-state index is -0.734. The predicted molar refractivity (Wildman–Crippen MR) is 54.0 cm³/mol. The number of hydrogen-bond donors (Lipinski definition) is 0. The minimum absolute atomic E-state index is 0.191. The lowest BCUT2D eigenvalue weighted by Crippen LogP contribution is -2.09. The van der Waals surface area contributed by atoms with Crippen LogP contribution in [0.1, 0.15) is 20.7 Å². The molecule has 5 heteroatoms. The molecule has 0 amide bonds. The molecular formula is C11H11FO4. The van der Waals surface area contributed by atoms with Crippen LogP contribution in [0.25, 0.3) is 0 Å². The molecule has 0 spiro atoms. The van der Waals surface area contributed by atoms with E-state index in [9.17, 15) is 14.0 Å². The average Bonchev–Trinajstić information content (AvgIpc) is 2.35.